The van der Waals surface area contributed by atoms with Crippen LogP contribution < -0.4 is 5.73 Å². The van der Waals surface area contributed by atoms with Gasteiger partial charge in [-0.1, -0.05) is 35.3 Å². The largest absolute Gasteiger partial charge is 0.330 e. The van der Waals surface area contributed by atoms with Crippen molar-refractivity contribution < 1.29 is 4.39 Å². The number of rotatable bonds is 4. The highest BCUT2D eigenvalue weighted by Crippen LogP contribution is 2.27. The van der Waals surface area contributed by atoms with Crippen LogP contribution in [0.1, 0.15) is 12.0 Å². The lowest BCUT2D eigenvalue weighted by Crippen LogP contribution is -2.11. The molecule has 4 heteroatoms. The fourth-order valence-electron chi connectivity index (χ4n) is 1.23. The molecular formula is C10H12Cl2FN. The molecule has 0 spiro atoms. The molecule has 0 amide bonds. The van der Waals surface area contributed by atoms with E-state index in [2.05, 4.69) is 0 Å². The number of halogens is 3. The van der Waals surface area contributed by atoms with Gasteiger partial charge < -0.3 is 5.73 Å². The second-order valence-corrected chi connectivity index (χ2v) is 3.88. The standard InChI is InChI=1S/C10H12Cl2FN/c11-9-3-1-2-7(10(9)12)6-8(13)4-5-14/h1-3,8H,4-6,14H2. The summed E-state index contributed by atoms with van der Waals surface area (Å²) < 4.78 is 13.2. The Morgan fingerprint density at radius 3 is 2.71 bits per heavy atom. The van der Waals surface area contributed by atoms with Crippen molar-refractivity contribution in [3.05, 3.63) is 33.8 Å². The van der Waals surface area contributed by atoms with E-state index in [9.17, 15) is 4.39 Å². The van der Waals surface area contributed by atoms with E-state index in [4.69, 9.17) is 28.9 Å². The summed E-state index contributed by atoms with van der Waals surface area (Å²) in [5.41, 5.74) is 5.99. The maximum absolute atomic E-state index is 13.2. The Hall–Kier alpha value is -0.310. The SMILES string of the molecule is NCCC(F)Cc1cccc(Cl)c1Cl. The summed E-state index contributed by atoms with van der Waals surface area (Å²) in [6, 6.07) is 5.22. The van der Waals surface area contributed by atoms with Crippen molar-refractivity contribution in [2.45, 2.75) is 19.0 Å². The molecule has 2 N–H and O–H groups in total. The third-order valence-electron chi connectivity index (χ3n) is 1.95. The van der Waals surface area contributed by atoms with Gasteiger partial charge in [-0.2, -0.15) is 0 Å². The molecule has 0 aliphatic carbocycles. The predicted molar refractivity (Wildman–Crippen MR) is 58.7 cm³/mol. The minimum Gasteiger partial charge on any atom is -0.330 e. The van der Waals surface area contributed by atoms with Crippen LogP contribution >= 0.6 is 23.2 Å². The Balaban J connectivity index is 2.71. The number of alkyl halides is 1. The molecule has 0 aliphatic heterocycles. The minimum absolute atomic E-state index is 0.274. The van der Waals surface area contributed by atoms with Gasteiger partial charge in [0.05, 0.1) is 10.0 Å². The van der Waals surface area contributed by atoms with Crippen molar-refractivity contribution in [3.8, 4) is 0 Å². The van der Waals surface area contributed by atoms with Gasteiger partial charge in [0.2, 0.25) is 0 Å². The van der Waals surface area contributed by atoms with Crippen LogP contribution in [0.3, 0.4) is 0 Å². The number of hydrogen-bond acceptors (Lipinski definition) is 1. The van der Waals surface area contributed by atoms with Crippen LogP contribution in [0, 0.1) is 0 Å². The molecule has 1 atom stereocenters. The van der Waals surface area contributed by atoms with Crippen LogP contribution in [0.5, 0.6) is 0 Å². The van der Waals surface area contributed by atoms with Gasteiger partial charge >= 0.3 is 0 Å². The van der Waals surface area contributed by atoms with Crippen molar-refractivity contribution in [1.29, 1.82) is 0 Å². The van der Waals surface area contributed by atoms with Gasteiger partial charge in [0.25, 0.3) is 0 Å². The molecule has 0 radical (unpaired) electrons. The number of benzene rings is 1. The molecule has 1 unspecified atom stereocenters. The molecule has 0 aromatic heterocycles. The zero-order chi connectivity index (χ0) is 10.6. The molecule has 0 fully saturated rings. The number of nitrogens with two attached hydrogens (primary N) is 1. The summed E-state index contributed by atoms with van der Waals surface area (Å²) in [5.74, 6) is 0. The summed E-state index contributed by atoms with van der Waals surface area (Å²) >= 11 is 11.7. The van der Waals surface area contributed by atoms with E-state index >= 15 is 0 Å². The molecular weight excluding hydrogens is 224 g/mol. The lowest BCUT2D eigenvalue weighted by atomic mass is 10.1. The van der Waals surface area contributed by atoms with Gasteiger partial charge in [-0.15, -0.1) is 0 Å². The highest BCUT2D eigenvalue weighted by molar-refractivity contribution is 6.42. The zero-order valence-corrected chi connectivity index (χ0v) is 9.15. The molecule has 0 aliphatic rings. The van der Waals surface area contributed by atoms with Crippen molar-refractivity contribution >= 4 is 23.2 Å². The van der Waals surface area contributed by atoms with Gasteiger partial charge in [-0.3, -0.25) is 0 Å². The molecule has 1 aromatic rings. The van der Waals surface area contributed by atoms with Crippen LogP contribution in [0.2, 0.25) is 10.0 Å². The molecule has 14 heavy (non-hydrogen) atoms. The Labute approximate surface area is 93.0 Å². The highest BCUT2D eigenvalue weighted by Gasteiger charge is 2.10. The molecule has 0 bridgehead atoms. The van der Waals surface area contributed by atoms with Crippen LogP contribution in [0.25, 0.3) is 0 Å². The Bertz CT molecular complexity index is 304. The first-order chi connectivity index (χ1) is 6.65. The normalized spacial score (nSPS) is 12.9. The summed E-state index contributed by atoms with van der Waals surface area (Å²) in [4.78, 5) is 0. The average Bonchev–Trinajstić information content (AvgIpc) is 2.13. The second-order valence-electron chi connectivity index (χ2n) is 3.09. The Morgan fingerprint density at radius 2 is 2.07 bits per heavy atom. The second kappa shape index (κ2) is 5.54. The highest BCUT2D eigenvalue weighted by atomic mass is 35.5. The first-order valence-electron chi connectivity index (χ1n) is 4.42. The zero-order valence-electron chi connectivity index (χ0n) is 7.64. The van der Waals surface area contributed by atoms with Gasteiger partial charge in [-0.05, 0) is 24.6 Å². The van der Waals surface area contributed by atoms with E-state index in [-0.39, 0.29) is 6.42 Å². The van der Waals surface area contributed by atoms with E-state index in [0.29, 0.717) is 23.0 Å². The van der Waals surface area contributed by atoms with Gasteiger partial charge in [-0.25, -0.2) is 4.39 Å². The van der Waals surface area contributed by atoms with E-state index in [0.717, 1.165) is 5.56 Å². The van der Waals surface area contributed by atoms with Crippen LogP contribution in [0.15, 0.2) is 18.2 Å². The summed E-state index contributed by atoms with van der Waals surface area (Å²) in [6.45, 7) is 0.347. The van der Waals surface area contributed by atoms with Crippen LogP contribution in [-0.4, -0.2) is 12.7 Å². The first-order valence-corrected chi connectivity index (χ1v) is 5.17. The predicted octanol–water partition coefficient (Wildman–Crippen LogP) is 3.22. The van der Waals surface area contributed by atoms with Gasteiger partial charge in [0, 0.05) is 6.42 Å². The third kappa shape index (κ3) is 3.12. The maximum atomic E-state index is 13.2. The van der Waals surface area contributed by atoms with Crippen molar-refractivity contribution in [2.24, 2.45) is 5.73 Å². The quantitative estimate of drug-likeness (QED) is 0.853. The third-order valence-corrected chi connectivity index (χ3v) is 2.81. The average molecular weight is 236 g/mol. The first kappa shape index (κ1) is 11.8. The topological polar surface area (TPSA) is 26.0 Å². The minimum atomic E-state index is -0.948. The fraction of sp³-hybridized carbons (Fsp3) is 0.400. The molecule has 78 valence electrons. The molecule has 1 aromatic carbocycles. The summed E-state index contributed by atoms with van der Waals surface area (Å²) in [7, 11) is 0. The van der Waals surface area contributed by atoms with Crippen molar-refractivity contribution in [2.75, 3.05) is 6.54 Å². The smallest absolute Gasteiger partial charge is 0.105 e. The lowest BCUT2D eigenvalue weighted by Gasteiger charge is -2.08. The van der Waals surface area contributed by atoms with Crippen molar-refractivity contribution in [3.63, 3.8) is 0 Å². The lowest BCUT2D eigenvalue weighted by molar-refractivity contribution is 0.316. The Kier molecular flexibility index (Phi) is 4.66. The van der Waals surface area contributed by atoms with E-state index in [1.54, 1.807) is 18.2 Å². The molecule has 0 saturated heterocycles. The molecule has 1 nitrogen and oxygen atoms in total. The van der Waals surface area contributed by atoms with E-state index in [1.165, 1.54) is 0 Å². The number of hydrogen-bond donors (Lipinski definition) is 1. The maximum Gasteiger partial charge on any atom is 0.105 e. The van der Waals surface area contributed by atoms with E-state index < -0.39 is 6.17 Å². The summed E-state index contributed by atoms with van der Waals surface area (Å²) in [6.07, 6.45) is -0.324. The molecule has 1 rings (SSSR count). The van der Waals surface area contributed by atoms with Crippen molar-refractivity contribution in [1.82, 2.24) is 0 Å². The summed E-state index contributed by atoms with van der Waals surface area (Å²) in [5, 5.41) is 0.901. The van der Waals surface area contributed by atoms with E-state index in [1.807, 2.05) is 0 Å². The Morgan fingerprint density at radius 1 is 1.36 bits per heavy atom. The van der Waals surface area contributed by atoms with Gasteiger partial charge in [0.15, 0.2) is 0 Å². The molecule has 0 heterocycles. The van der Waals surface area contributed by atoms with Gasteiger partial charge in [0.1, 0.15) is 6.17 Å². The molecule has 0 saturated carbocycles. The fourth-order valence-corrected chi connectivity index (χ4v) is 1.62. The van der Waals surface area contributed by atoms with Crippen LogP contribution in [0.4, 0.5) is 4.39 Å². The monoisotopic (exact) mass is 235 g/mol. The van der Waals surface area contributed by atoms with Crippen LogP contribution in [-0.2, 0) is 6.42 Å².